The predicted octanol–water partition coefficient (Wildman–Crippen LogP) is 2.76. The Hall–Kier alpha value is -1.43. The highest BCUT2D eigenvalue weighted by atomic mass is 79.9. The molecule has 4 nitrogen and oxygen atoms in total. The maximum atomic E-state index is 13.8. The molecule has 0 aliphatic heterocycles. The summed E-state index contributed by atoms with van der Waals surface area (Å²) in [4.78, 5) is 25.3. The van der Waals surface area contributed by atoms with Gasteiger partial charge in [-0.25, -0.2) is 4.39 Å². The number of esters is 1. The summed E-state index contributed by atoms with van der Waals surface area (Å²) in [7, 11) is 0. The fourth-order valence-electron chi connectivity index (χ4n) is 1.92. The molecule has 0 bridgehead atoms. The number of halogens is 2. The lowest BCUT2D eigenvalue weighted by Crippen LogP contribution is -2.38. The molecule has 1 aliphatic rings. The van der Waals surface area contributed by atoms with Gasteiger partial charge >= 0.3 is 5.97 Å². The summed E-state index contributed by atoms with van der Waals surface area (Å²) in [5.41, 5.74) is -0.0237. The average Bonchev–Trinajstić information content (AvgIpc) is 3.20. The summed E-state index contributed by atoms with van der Waals surface area (Å²) >= 11 is 3.15. The summed E-state index contributed by atoms with van der Waals surface area (Å²) in [5, 5.41) is 0. The van der Waals surface area contributed by atoms with E-state index in [1.54, 1.807) is 13.0 Å². The van der Waals surface area contributed by atoms with Crippen LogP contribution in [0.5, 0.6) is 0 Å². The first kappa shape index (κ1) is 15.0. The van der Waals surface area contributed by atoms with Gasteiger partial charge in [-0.2, -0.15) is 0 Å². The number of benzene rings is 1. The first-order valence-corrected chi connectivity index (χ1v) is 7.24. The van der Waals surface area contributed by atoms with Crippen LogP contribution in [-0.4, -0.2) is 36.0 Å². The van der Waals surface area contributed by atoms with Crippen LogP contribution >= 0.6 is 15.9 Å². The van der Waals surface area contributed by atoms with Crippen LogP contribution in [-0.2, 0) is 9.53 Å². The number of carbonyl (C=O) groups excluding carboxylic acids is 2. The molecular weight excluding hydrogens is 329 g/mol. The maximum absolute atomic E-state index is 13.8. The first-order valence-electron chi connectivity index (χ1n) is 6.44. The topological polar surface area (TPSA) is 46.6 Å². The van der Waals surface area contributed by atoms with Gasteiger partial charge in [-0.3, -0.25) is 9.59 Å². The third kappa shape index (κ3) is 3.56. The van der Waals surface area contributed by atoms with Crippen LogP contribution in [0.3, 0.4) is 0 Å². The summed E-state index contributed by atoms with van der Waals surface area (Å²) < 4.78 is 19.3. The average molecular weight is 344 g/mol. The Bertz CT molecular complexity index is 531. The third-order valence-electron chi connectivity index (χ3n) is 3.01. The molecular formula is C14H15BrFNO3. The number of rotatable bonds is 5. The number of nitrogens with zero attached hydrogens (tertiary/aromatic N) is 1. The maximum Gasteiger partial charge on any atom is 0.325 e. The van der Waals surface area contributed by atoms with Crippen LogP contribution in [0.15, 0.2) is 22.7 Å². The molecule has 108 valence electrons. The van der Waals surface area contributed by atoms with E-state index in [1.165, 1.54) is 17.0 Å². The van der Waals surface area contributed by atoms with Crippen LogP contribution in [0, 0.1) is 5.82 Å². The minimum atomic E-state index is -0.598. The van der Waals surface area contributed by atoms with E-state index >= 15 is 0 Å². The molecule has 1 fully saturated rings. The Balaban J connectivity index is 2.16. The van der Waals surface area contributed by atoms with Crippen LogP contribution in [0.25, 0.3) is 0 Å². The van der Waals surface area contributed by atoms with Crippen molar-refractivity contribution in [3.8, 4) is 0 Å². The molecule has 0 saturated heterocycles. The highest BCUT2D eigenvalue weighted by Crippen LogP contribution is 2.29. The Labute approximate surface area is 125 Å². The van der Waals surface area contributed by atoms with Crippen LogP contribution < -0.4 is 0 Å². The Morgan fingerprint density at radius 1 is 1.45 bits per heavy atom. The molecule has 0 heterocycles. The van der Waals surface area contributed by atoms with Gasteiger partial charge in [0.05, 0.1) is 12.2 Å². The summed E-state index contributed by atoms with van der Waals surface area (Å²) in [6.45, 7) is 1.83. The predicted molar refractivity (Wildman–Crippen MR) is 74.8 cm³/mol. The van der Waals surface area contributed by atoms with Crippen LogP contribution in [0.4, 0.5) is 4.39 Å². The number of carbonyl (C=O) groups is 2. The molecule has 0 spiro atoms. The van der Waals surface area contributed by atoms with Gasteiger partial charge in [0.25, 0.3) is 5.91 Å². The van der Waals surface area contributed by atoms with Crippen molar-refractivity contribution in [2.45, 2.75) is 25.8 Å². The normalized spacial score (nSPS) is 13.9. The largest absolute Gasteiger partial charge is 0.465 e. The molecule has 1 aromatic carbocycles. The van der Waals surface area contributed by atoms with Crippen molar-refractivity contribution in [1.82, 2.24) is 4.90 Å². The van der Waals surface area contributed by atoms with Crippen molar-refractivity contribution in [3.05, 3.63) is 34.1 Å². The monoisotopic (exact) mass is 343 g/mol. The van der Waals surface area contributed by atoms with E-state index in [9.17, 15) is 14.0 Å². The number of hydrogen-bond donors (Lipinski definition) is 0. The highest BCUT2D eigenvalue weighted by Gasteiger charge is 2.35. The Morgan fingerprint density at radius 2 is 2.15 bits per heavy atom. The van der Waals surface area contributed by atoms with E-state index in [-0.39, 0.29) is 24.8 Å². The minimum absolute atomic E-state index is 0.00922. The second-order valence-corrected chi connectivity index (χ2v) is 5.51. The lowest BCUT2D eigenvalue weighted by molar-refractivity contribution is -0.144. The number of amides is 1. The van der Waals surface area contributed by atoms with Crippen molar-refractivity contribution < 1.29 is 18.7 Å². The van der Waals surface area contributed by atoms with Crippen LogP contribution in [0.2, 0.25) is 0 Å². The second kappa shape index (κ2) is 6.35. The van der Waals surface area contributed by atoms with Gasteiger partial charge in [0, 0.05) is 10.5 Å². The number of hydrogen-bond acceptors (Lipinski definition) is 3. The van der Waals surface area contributed by atoms with E-state index < -0.39 is 17.7 Å². The minimum Gasteiger partial charge on any atom is -0.465 e. The molecule has 1 saturated carbocycles. The molecule has 1 aliphatic carbocycles. The molecule has 0 radical (unpaired) electrons. The molecule has 6 heteroatoms. The lowest BCUT2D eigenvalue weighted by Gasteiger charge is -2.21. The zero-order valence-electron chi connectivity index (χ0n) is 11.1. The quantitative estimate of drug-likeness (QED) is 0.772. The highest BCUT2D eigenvalue weighted by molar-refractivity contribution is 9.10. The molecule has 0 N–H and O–H groups in total. The first-order chi connectivity index (χ1) is 9.52. The molecule has 0 aromatic heterocycles. The van der Waals surface area contributed by atoms with E-state index in [2.05, 4.69) is 15.9 Å². The van der Waals surface area contributed by atoms with Crippen molar-refractivity contribution >= 4 is 27.8 Å². The summed E-state index contributed by atoms with van der Waals surface area (Å²) in [5.74, 6) is -1.53. The Morgan fingerprint density at radius 3 is 2.70 bits per heavy atom. The van der Waals surface area contributed by atoms with Gasteiger partial charge in [0.2, 0.25) is 0 Å². The summed E-state index contributed by atoms with van der Waals surface area (Å²) in [6.07, 6.45) is 1.67. The SMILES string of the molecule is CCOC(=O)CN(C(=O)c1ccc(Br)cc1F)C1CC1. The summed E-state index contributed by atoms with van der Waals surface area (Å²) in [6, 6.07) is 4.27. The molecule has 0 atom stereocenters. The number of ether oxygens (including phenoxy) is 1. The van der Waals surface area contributed by atoms with Gasteiger partial charge < -0.3 is 9.64 Å². The lowest BCUT2D eigenvalue weighted by atomic mass is 10.2. The smallest absolute Gasteiger partial charge is 0.325 e. The van der Waals surface area contributed by atoms with E-state index in [4.69, 9.17) is 4.74 Å². The molecule has 2 rings (SSSR count). The van der Waals surface area contributed by atoms with Gasteiger partial charge in [0.15, 0.2) is 0 Å². The van der Waals surface area contributed by atoms with Crippen molar-refractivity contribution in [1.29, 1.82) is 0 Å². The second-order valence-electron chi connectivity index (χ2n) is 4.59. The van der Waals surface area contributed by atoms with Gasteiger partial charge in [-0.1, -0.05) is 15.9 Å². The fourth-order valence-corrected chi connectivity index (χ4v) is 2.25. The van der Waals surface area contributed by atoms with Crippen molar-refractivity contribution in [2.24, 2.45) is 0 Å². The zero-order chi connectivity index (χ0) is 14.7. The molecule has 0 unspecified atom stereocenters. The third-order valence-corrected chi connectivity index (χ3v) is 3.51. The standard InChI is InChI=1S/C14H15BrFNO3/c1-2-20-13(18)8-17(10-4-5-10)14(19)11-6-3-9(15)7-12(11)16/h3,6-7,10H,2,4-5,8H2,1H3. The van der Waals surface area contributed by atoms with E-state index in [0.29, 0.717) is 4.47 Å². The molecule has 20 heavy (non-hydrogen) atoms. The van der Waals surface area contributed by atoms with Gasteiger partial charge in [-0.15, -0.1) is 0 Å². The van der Waals surface area contributed by atoms with Crippen LogP contribution in [0.1, 0.15) is 30.1 Å². The Kier molecular flexibility index (Phi) is 4.75. The van der Waals surface area contributed by atoms with Crippen molar-refractivity contribution in [2.75, 3.05) is 13.2 Å². The molecule has 1 aromatic rings. The zero-order valence-corrected chi connectivity index (χ0v) is 12.7. The van der Waals surface area contributed by atoms with E-state index in [1.807, 2.05) is 0 Å². The van der Waals surface area contributed by atoms with Crippen molar-refractivity contribution in [3.63, 3.8) is 0 Å². The van der Waals surface area contributed by atoms with Gasteiger partial charge in [-0.05, 0) is 38.0 Å². The van der Waals surface area contributed by atoms with Gasteiger partial charge in [0.1, 0.15) is 12.4 Å². The molecule has 1 amide bonds. The van der Waals surface area contributed by atoms with E-state index in [0.717, 1.165) is 12.8 Å². The fraction of sp³-hybridized carbons (Fsp3) is 0.429.